The predicted octanol–water partition coefficient (Wildman–Crippen LogP) is 4.80. The van der Waals surface area contributed by atoms with Gasteiger partial charge in [-0.3, -0.25) is 9.10 Å². The summed E-state index contributed by atoms with van der Waals surface area (Å²) in [6.07, 6.45) is 1.22. The van der Waals surface area contributed by atoms with Crippen molar-refractivity contribution in [1.29, 1.82) is 0 Å². The number of amides is 1. The molecule has 6 nitrogen and oxygen atoms in total. The molecular weight excluding hydrogens is 419 g/mol. The molecule has 0 aliphatic carbocycles. The molecular formula is C23H23FN2O4S. The fourth-order valence-corrected chi connectivity index (χ4v) is 4.35. The Balaban J connectivity index is 1.89. The minimum Gasteiger partial charge on any atom is -0.455 e. The van der Waals surface area contributed by atoms with Crippen molar-refractivity contribution in [1.82, 2.24) is 0 Å². The smallest absolute Gasteiger partial charge is 0.248 e. The topological polar surface area (TPSA) is 75.7 Å². The number of carbonyl (C=O) groups is 1. The first-order valence-electron chi connectivity index (χ1n) is 9.67. The number of para-hydroxylation sites is 3. The molecule has 0 aliphatic rings. The molecule has 0 saturated carbocycles. The van der Waals surface area contributed by atoms with Gasteiger partial charge in [0.05, 0.1) is 17.6 Å². The molecule has 0 aromatic heterocycles. The van der Waals surface area contributed by atoms with Gasteiger partial charge in [0.1, 0.15) is 17.6 Å². The highest BCUT2D eigenvalue weighted by Crippen LogP contribution is 2.30. The Labute approximate surface area is 181 Å². The van der Waals surface area contributed by atoms with Crippen LogP contribution in [0.3, 0.4) is 0 Å². The molecule has 0 heterocycles. The van der Waals surface area contributed by atoms with E-state index in [1.54, 1.807) is 43.3 Å². The van der Waals surface area contributed by atoms with Crippen LogP contribution in [0.2, 0.25) is 0 Å². The van der Waals surface area contributed by atoms with E-state index in [1.807, 2.05) is 18.2 Å². The van der Waals surface area contributed by atoms with Crippen LogP contribution in [0.5, 0.6) is 11.5 Å². The maximum atomic E-state index is 13.3. The third kappa shape index (κ3) is 5.61. The number of anilines is 2. The van der Waals surface area contributed by atoms with E-state index < -0.39 is 27.8 Å². The number of nitrogens with zero attached hydrogens (tertiary/aromatic N) is 1. The minimum absolute atomic E-state index is 0.206. The fraction of sp³-hybridized carbons (Fsp3) is 0.174. The van der Waals surface area contributed by atoms with E-state index in [0.29, 0.717) is 17.2 Å². The first kappa shape index (κ1) is 22.3. The highest BCUT2D eigenvalue weighted by Gasteiger charge is 2.32. The van der Waals surface area contributed by atoms with Gasteiger partial charge >= 0.3 is 0 Å². The molecule has 0 fully saturated rings. The van der Waals surface area contributed by atoms with Crippen molar-refractivity contribution < 1.29 is 22.3 Å². The normalized spacial score (nSPS) is 12.1. The molecule has 162 valence electrons. The van der Waals surface area contributed by atoms with Gasteiger partial charge in [0.2, 0.25) is 15.9 Å². The highest BCUT2D eigenvalue weighted by atomic mass is 32.2. The molecule has 3 aromatic rings. The first-order valence-corrected chi connectivity index (χ1v) is 11.5. The molecule has 3 rings (SSSR count). The van der Waals surface area contributed by atoms with E-state index in [9.17, 15) is 17.6 Å². The van der Waals surface area contributed by atoms with Crippen molar-refractivity contribution >= 4 is 27.3 Å². The summed E-state index contributed by atoms with van der Waals surface area (Å²) in [6, 6.07) is 19.9. The SMILES string of the molecule is CCC(C(=O)Nc1ccccc1Oc1ccccc1)N(c1ccc(F)cc1)S(C)(=O)=O. The van der Waals surface area contributed by atoms with Gasteiger partial charge in [-0.05, 0) is 55.0 Å². The number of hydrogen-bond donors (Lipinski definition) is 1. The summed E-state index contributed by atoms with van der Waals surface area (Å²) in [7, 11) is -3.82. The van der Waals surface area contributed by atoms with Crippen LogP contribution in [0.1, 0.15) is 13.3 Å². The second kappa shape index (κ2) is 9.61. The monoisotopic (exact) mass is 442 g/mol. The lowest BCUT2D eigenvalue weighted by Gasteiger charge is -2.30. The Morgan fingerprint density at radius 2 is 1.61 bits per heavy atom. The summed E-state index contributed by atoms with van der Waals surface area (Å²) < 4.78 is 45.2. The summed E-state index contributed by atoms with van der Waals surface area (Å²) >= 11 is 0. The standard InChI is InChI=1S/C23H23FN2O4S/c1-3-21(26(31(2,28)29)18-15-13-17(24)14-16-18)23(27)25-20-11-7-8-12-22(20)30-19-9-5-4-6-10-19/h4-16,21H,3H2,1-2H3,(H,25,27). The number of carbonyl (C=O) groups excluding carboxylic acids is 1. The van der Waals surface area contributed by atoms with Gasteiger partial charge in [-0.1, -0.05) is 37.3 Å². The van der Waals surface area contributed by atoms with Crippen LogP contribution in [0.15, 0.2) is 78.9 Å². The molecule has 0 saturated heterocycles. The average Bonchev–Trinajstić information content (AvgIpc) is 2.74. The number of halogens is 1. The maximum Gasteiger partial charge on any atom is 0.248 e. The molecule has 0 aliphatic heterocycles. The quantitative estimate of drug-likeness (QED) is 0.544. The Morgan fingerprint density at radius 3 is 2.23 bits per heavy atom. The van der Waals surface area contributed by atoms with E-state index in [2.05, 4.69) is 5.32 Å². The van der Waals surface area contributed by atoms with Crippen LogP contribution in [0, 0.1) is 5.82 Å². The second-order valence-electron chi connectivity index (χ2n) is 6.86. The van der Waals surface area contributed by atoms with Crippen LogP contribution in [0.25, 0.3) is 0 Å². The van der Waals surface area contributed by atoms with Crippen molar-refractivity contribution in [3.63, 3.8) is 0 Å². The predicted molar refractivity (Wildman–Crippen MR) is 119 cm³/mol. The van der Waals surface area contributed by atoms with E-state index in [4.69, 9.17) is 4.74 Å². The van der Waals surface area contributed by atoms with E-state index in [-0.39, 0.29) is 12.1 Å². The van der Waals surface area contributed by atoms with E-state index in [1.165, 1.54) is 12.1 Å². The van der Waals surface area contributed by atoms with Crippen LogP contribution >= 0.6 is 0 Å². The lowest BCUT2D eigenvalue weighted by Crippen LogP contribution is -2.47. The fourth-order valence-electron chi connectivity index (χ4n) is 3.14. The third-order valence-corrected chi connectivity index (χ3v) is 5.71. The van der Waals surface area contributed by atoms with Gasteiger partial charge < -0.3 is 10.1 Å². The largest absolute Gasteiger partial charge is 0.455 e. The number of hydrogen-bond acceptors (Lipinski definition) is 4. The van der Waals surface area contributed by atoms with Crippen molar-refractivity contribution in [2.24, 2.45) is 0 Å². The van der Waals surface area contributed by atoms with Crippen molar-refractivity contribution in [2.75, 3.05) is 15.9 Å². The van der Waals surface area contributed by atoms with Crippen molar-refractivity contribution in [2.45, 2.75) is 19.4 Å². The van der Waals surface area contributed by atoms with Crippen LogP contribution < -0.4 is 14.4 Å². The Kier molecular flexibility index (Phi) is 6.91. The van der Waals surface area contributed by atoms with Gasteiger partial charge in [0.15, 0.2) is 5.75 Å². The minimum atomic E-state index is -3.82. The lowest BCUT2D eigenvalue weighted by molar-refractivity contribution is -0.117. The Bertz CT molecular complexity index is 1140. The average molecular weight is 443 g/mol. The van der Waals surface area contributed by atoms with Crippen molar-refractivity contribution in [3.8, 4) is 11.5 Å². The molecule has 3 aromatic carbocycles. The van der Waals surface area contributed by atoms with Crippen LogP contribution in [0.4, 0.5) is 15.8 Å². The molecule has 1 unspecified atom stereocenters. The summed E-state index contributed by atoms with van der Waals surface area (Å²) in [5, 5.41) is 2.77. The summed E-state index contributed by atoms with van der Waals surface area (Å²) in [6.45, 7) is 1.71. The Hall–Kier alpha value is -3.39. The molecule has 31 heavy (non-hydrogen) atoms. The van der Waals surface area contributed by atoms with Gasteiger partial charge in [0, 0.05) is 0 Å². The number of ether oxygens (including phenoxy) is 1. The summed E-state index contributed by atoms with van der Waals surface area (Å²) in [5.41, 5.74) is 0.613. The molecule has 0 spiro atoms. The van der Waals surface area contributed by atoms with Crippen molar-refractivity contribution in [3.05, 3.63) is 84.7 Å². The van der Waals surface area contributed by atoms with Crippen LogP contribution in [-0.2, 0) is 14.8 Å². The molecule has 0 bridgehead atoms. The number of sulfonamides is 1. The van der Waals surface area contributed by atoms with Gasteiger partial charge in [-0.2, -0.15) is 0 Å². The van der Waals surface area contributed by atoms with Gasteiger partial charge in [-0.25, -0.2) is 12.8 Å². The molecule has 1 N–H and O–H groups in total. The highest BCUT2D eigenvalue weighted by molar-refractivity contribution is 7.92. The maximum absolute atomic E-state index is 13.3. The Morgan fingerprint density at radius 1 is 1.00 bits per heavy atom. The second-order valence-corrected chi connectivity index (χ2v) is 8.72. The zero-order valence-corrected chi connectivity index (χ0v) is 18.0. The van der Waals surface area contributed by atoms with Gasteiger partial charge in [0.25, 0.3) is 0 Å². The van der Waals surface area contributed by atoms with Crippen LogP contribution in [-0.4, -0.2) is 26.6 Å². The molecule has 1 amide bonds. The molecule has 1 atom stereocenters. The summed E-state index contributed by atoms with van der Waals surface area (Å²) in [4.78, 5) is 13.1. The first-order chi connectivity index (χ1) is 14.8. The number of nitrogens with one attached hydrogen (secondary N) is 1. The lowest BCUT2D eigenvalue weighted by atomic mass is 10.1. The summed E-state index contributed by atoms with van der Waals surface area (Å²) in [5.74, 6) is -0.00652. The zero-order valence-electron chi connectivity index (χ0n) is 17.2. The number of benzene rings is 3. The third-order valence-electron chi connectivity index (χ3n) is 4.53. The van der Waals surface area contributed by atoms with E-state index in [0.717, 1.165) is 22.7 Å². The molecule has 0 radical (unpaired) electrons. The number of rotatable bonds is 8. The van der Waals surface area contributed by atoms with E-state index >= 15 is 0 Å². The molecule has 8 heteroatoms. The zero-order chi connectivity index (χ0) is 22.4. The van der Waals surface area contributed by atoms with Gasteiger partial charge in [-0.15, -0.1) is 0 Å².